The van der Waals surface area contributed by atoms with E-state index in [-0.39, 0.29) is 41.3 Å². The van der Waals surface area contributed by atoms with Gasteiger partial charge in [0.15, 0.2) is 0 Å². The number of hydrogen-bond acceptors (Lipinski definition) is 5. The summed E-state index contributed by atoms with van der Waals surface area (Å²) in [4.78, 5) is 12.9. The number of halogens is 1. The van der Waals surface area contributed by atoms with Crippen molar-refractivity contribution >= 4 is 37.6 Å². The molecule has 8 nitrogen and oxygen atoms in total. The van der Waals surface area contributed by atoms with E-state index in [0.29, 0.717) is 17.9 Å². The summed E-state index contributed by atoms with van der Waals surface area (Å²) in [7, 11) is -4.18. The minimum Gasteiger partial charge on any atom is -0.352 e. The van der Waals surface area contributed by atoms with Gasteiger partial charge < -0.3 is 5.32 Å². The molecule has 1 aliphatic rings. The van der Waals surface area contributed by atoms with Crippen LogP contribution >= 0.6 is 11.6 Å². The number of benzene rings is 2. The summed E-state index contributed by atoms with van der Waals surface area (Å²) in [5.74, 6) is -0.418. The van der Waals surface area contributed by atoms with Crippen molar-refractivity contribution < 1.29 is 21.6 Å². The van der Waals surface area contributed by atoms with Gasteiger partial charge in [-0.1, -0.05) is 23.7 Å². The fraction of sp³-hybridized carbons (Fsp3) is 0.381. The van der Waals surface area contributed by atoms with Gasteiger partial charge in [0.25, 0.3) is 0 Å². The molecule has 1 aliphatic heterocycles. The van der Waals surface area contributed by atoms with E-state index in [1.807, 2.05) is 0 Å². The Labute approximate surface area is 194 Å². The topological polar surface area (TPSA) is 104 Å². The number of amides is 1. The van der Waals surface area contributed by atoms with Crippen molar-refractivity contribution in [3.05, 3.63) is 59.1 Å². The molecule has 1 saturated heterocycles. The van der Waals surface area contributed by atoms with E-state index < -0.39 is 20.0 Å². The van der Waals surface area contributed by atoms with Gasteiger partial charge in [0.05, 0.1) is 9.79 Å². The number of sulfonamides is 2. The summed E-state index contributed by atoms with van der Waals surface area (Å²) in [5, 5.41) is 3.33. The zero-order valence-electron chi connectivity index (χ0n) is 17.9. The molecule has 32 heavy (non-hydrogen) atoms. The molecule has 1 N–H and O–H groups in total. The van der Waals surface area contributed by atoms with E-state index in [0.717, 1.165) is 9.87 Å². The van der Waals surface area contributed by atoms with Gasteiger partial charge in [-0.25, -0.2) is 21.1 Å². The number of nitrogens with zero attached hydrogens (tertiary/aromatic N) is 2. The fourth-order valence-electron chi connectivity index (χ4n) is 3.44. The number of nitrogens with one attached hydrogen (secondary N) is 1. The first kappa shape index (κ1) is 24.7. The molecule has 0 atom stereocenters. The molecule has 3 rings (SSSR count). The third-order valence-electron chi connectivity index (χ3n) is 5.44. The largest absolute Gasteiger partial charge is 0.352 e. The number of carbonyl (C=O) groups is 1. The van der Waals surface area contributed by atoms with Crippen LogP contribution in [0.2, 0.25) is 5.02 Å². The van der Waals surface area contributed by atoms with E-state index in [9.17, 15) is 21.6 Å². The molecule has 1 heterocycles. The monoisotopic (exact) mass is 499 g/mol. The summed E-state index contributed by atoms with van der Waals surface area (Å²) in [5.41, 5.74) is 0.777. The second kappa shape index (κ2) is 9.88. The first-order valence-electron chi connectivity index (χ1n) is 10.1. The maximum absolute atomic E-state index is 12.8. The first-order valence-corrected chi connectivity index (χ1v) is 13.3. The molecule has 0 aromatic heterocycles. The highest BCUT2D eigenvalue weighted by atomic mass is 35.5. The highest BCUT2D eigenvalue weighted by molar-refractivity contribution is 7.89. The van der Waals surface area contributed by atoms with Crippen LogP contribution in [0.5, 0.6) is 0 Å². The van der Waals surface area contributed by atoms with E-state index in [4.69, 9.17) is 11.6 Å². The Balaban J connectivity index is 1.53. The molecule has 1 amide bonds. The van der Waals surface area contributed by atoms with Crippen LogP contribution in [-0.2, 0) is 31.4 Å². The van der Waals surface area contributed by atoms with Gasteiger partial charge in [0.2, 0.25) is 26.0 Å². The smallest absolute Gasteiger partial charge is 0.243 e. The van der Waals surface area contributed by atoms with E-state index in [1.54, 1.807) is 12.1 Å². The minimum absolute atomic E-state index is 0.140. The maximum atomic E-state index is 12.8. The zero-order valence-corrected chi connectivity index (χ0v) is 20.3. The van der Waals surface area contributed by atoms with Crippen molar-refractivity contribution in [3.63, 3.8) is 0 Å². The molecule has 0 bridgehead atoms. The summed E-state index contributed by atoms with van der Waals surface area (Å²) in [6.45, 7) is 0.796. The number of hydrogen-bond donors (Lipinski definition) is 1. The standard InChI is InChI=1S/C21H26ClN3O5S2/c1-24(2)31(27,28)19-7-3-16(4-8-19)15-23-21(26)17-11-13-25(14-12-17)32(29,30)20-9-5-18(22)6-10-20/h3-10,17H,11-15H2,1-2H3,(H,23,26). The van der Waals surface area contributed by atoms with Crippen LogP contribution < -0.4 is 5.32 Å². The number of piperidine rings is 1. The number of carbonyl (C=O) groups excluding carboxylic acids is 1. The summed E-state index contributed by atoms with van der Waals surface area (Å²) in [6.07, 6.45) is 0.858. The molecular weight excluding hydrogens is 474 g/mol. The van der Waals surface area contributed by atoms with Gasteiger partial charge in [-0.3, -0.25) is 4.79 Å². The summed E-state index contributed by atoms with van der Waals surface area (Å²) in [6, 6.07) is 12.4. The molecule has 2 aromatic rings. The van der Waals surface area contributed by atoms with Gasteiger partial charge in [-0.15, -0.1) is 0 Å². The SMILES string of the molecule is CN(C)S(=O)(=O)c1ccc(CNC(=O)C2CCN(S(=O)(=O)c3ccc(Cl)cc3)CC2)cc1. The molecule has 2 aromatic carbocycles. The minimum atomic E-state index is -3.62. The van der Waals surface area contributed by atoms with E-state index in [2.05, 4.69) is 5.32 Å². The molecule has 1 fully saturated rings. The number of rotatable bonds is 7. The van der Waals surface area contributed by atoms with Crippen molar-refractivity contribution in [2.24, 2.45) is 5.92 Å². The van der Waals surface area contributed by atoms with E-state index in [1.165, 1.54) is 54.8 Å². The summed E-state index contributed by atoms with van der Waals surface area (Å²) < 4.78 is 52.3. The van der Waals surface area contributed by atoms with Crippen molar-refractivity contribution in [3.8, 4) is 0 Å². The first-order chi connectivity index (χ1) is 15.0. The molecule has 0 saturated carbocycles. The normalized spacial score (nSPS) is 16.2. The van der Waals surface area contributed by atoms with Crippen LogP contribution in [0.4, 0.5) is 0 Å². The highest BCUT2D eigenvalue weighted by Crippen LogP contribution is 2.25. The average Bonchev–Trinajstić information content (AvgIpc) is 2.78. The molecule has 0 spiro atoms. The third kappa shape index (κ3) is 5.49. The van der Waals surface area contributed by atoms with Crippen LogP contribution in [0.1, 0.15) is 18.4 Å². The summed E-state index contributed by atoms with van der Waals surface area (Å²) >= 11 is 5.83. The van der Waals surface area contributed by atoms with Crippen LogP contribution in [0.3, 0.4) is 0 Å². The Bertz CT molecular complexity index is 1160. The van der Waals surface area contributed by atoms with Crippen molar-refractivity contribution in [2.45, 2.75) is 29.2 Å². The van der Waals surface area contributed by atoms with Gasteiger partial charge >= 0.3 is 0 Å². The molecule has 174 valence electrons. The highest BCUT2D eigenvalue weighted by Gasteiger charge is 2.32. The predicted molar refractivity (Wildman–Crippen MR) is 122 cm³/mol. The van der Waals surface area contributed by atoms with Gasteiger partial charge in [0.1, 0.15) is 0 Å². The van der Waals surface area contributed by atoms with E-state index >= 15 is 0 Å². The van der Waals surface area contributed by atoms with Crippen LogP contribution in [-0.4, -0.2) is 58.5 Å². The lowest BCUT2D eigenvalue weighted by atomic mass is 9.97. The molecular formula is C21H26ClN3O5S2. The molecule has 0 aliphatic carbocycles. The lowest BCUT2D eigenvalue weighted by molar-refractivity contribution is -0.126. The van der Waals surface area contributed by atoms with Gasteiger partial charge in [0, 0.05) is 44.7 Å². The lowest BCUT2D eigenvalue weighted by Gasteiger charge is -2.30. The van der Waals surface area contributed by atoms with Crippen molar-refractivity contribution in [2.75, 3.05) is 27.2 Å². The quantitative estimate of drug-likeness (QED) is 0.629. The Morgan fingerprint density at radius 2 is 1.50 bits per heavy atom. The van der Waals surface area contributed by atoms with Crippen LogP contribution in [0, 0.1) is 5.92 Å². The second-order valence-electron chi connectivity index (χ2n) is 7.78. The van der Waals surface area contributed by atoms with Gasteiger partial charge in [-0.05, 0) is 54.8 Å². The Morgan fingerprint density at radius 3 is 2.03 bits per heavy atom. The maximum Gasteiger partial charge on any atom is 0.243 e. The third-order valence-corrected chi connectivity index (χ3v) is 9.44. The second-order valence-corrected chi connectivity index (χ2v) is 12.3. The van der Waals surface area contributed by atoms with Crippen molar-refractivity contribution in [1.29, 1.82) is 0 Å². The zero-order chi connectivity index (χ0) is 23.5. The van der Waals surface area contributed by atoms with Crippen molar-refractivity contribution in [1.82, 2.24) is 13.9 Å². The predicted octanol–water partition coefficient (Wildman–Crippen LogP) is 2.31. The lowest BCUT2D eigenvalue weighted by Crippen LogP contribution is -2.42. The Morgan fingerprint density at radius 1 is 0.969 bits per heavy atom. The fourth-order valence-corrected chi connectivity index (χ4v) is 5.93. The molecule has 11 heteroatoms. The Kier molecular flexibility index (Phi) is 7.61. The average molecular weight is 500 g/mol. The van der Waals surface area contributed by atoms with Crippen LogP contribution in [0.15, 0.2) is 58.3 Å². The molecule has 0 radical (unpaired) electrons. The molecule has 0 unspecified atom stereocenters. The Hall–Kier alpha value is -1.98. The van der Waals surface area contributed by atoms with Crippen LogP contribution in [0.25, 0.3) is 0 Å². The van der Waals surface area contributed by atoms with Gasteiger partial charge in [-0.2, -0.15) is 4.31 Å².